The summed E-state index contributed by atoms with van der Waals surface area (Å²) >= 11 is 0. The molecule has 2 nitrogen and oxygen atoms in total. The van der Waals surface area contributed by atoms with Crippen LogP contribution in [-0.4, -0.2) is 20.7 Å². The van der Waals surface area contributed by atoms with Crippen LogP contribution in [0.2, 0.25) is 16.6 Å². The highest BCUT2D eigenvalue weighted by Gasteiger charge is 2.45. The number of hydrogen-bond acceptors (Lipinski definition) is 2. The molecule has 0 aliphatic carbocycles. The second-order valence-electron chi connectivity index (χ2n) is 6.40. The summed E-state index contributed by atoms with van der Waals surface area (Å²) in [5, 5.41) is 0. The summed E-state index contributed by atoms with van der Waals surface area (Å²) < 4.78 is 6.32. The maximum atomic E-state index is 12.3. The number of Topliss-reactive ketones (excluding diaryl/α,β-unsaturated/α-hetero) is 1. The Kier molecular flexibility index (Phi) is 6.15. The van der Waals surface area contributed by atoms with Gasteiger partial charge in [0.05, 0.1) is 6.61 Å². The first-order chi connectivity index (χ1) is 9.32. The number of carbonyl (C=O) groups is 1. The number of ketones is 1. The molecule has 1 rings (SSSR count). The third-order valence-corrected chi connectivity index (χ3v) is 10.3. The van der Waals surface area contributed by atoms with Crippen LogP contribution < -0.4 is 0 Å². The minimum atomic E-state index is -1.94. The quantitative estimate of drug-likeness (QED) is 0.518. The van der Waals surface area contributed by atoms with E-state index >= 15 is 0 Å². The van der Waals surface area contributed by atoms with Crippen LogP contribution in [-0.2, 0) is 4.43 Å². The van der Waals surface area contributed by atoms with Crippen LogP contribution in [0.15, 0.2) is 30.3 Å². The van der Waals surface area contributed by atoms with E-state index in [1.165, 1.54) is 0 Å². The Labute approximate surface area is 124 Å². The zero-order valence-corrected chi connectivity index (χ0v) is 14.6. The lowest BCUT2D eigenvalue weighted by Crippen LogP contribution is -2.48. The normalized spacial score (nSPS) is 12.4. The Balaban J connectivity index is 2.85. The van der Waals surface area contributed by atoms with Crippen molar-refractivity contribution in [1.82, 2.24) is 0 Å². The van der Waals surface area contributed by atoms with Crippen LogP contribution in [0.5, 0.6) is 0 Å². The van der Waals surface area contributed by atoms with E-state index in [0.717, 1.165) is 5.56 Å². The Bertz CT molecular complexity index is 402. The van der Waals surface area contributed by atoms with Crippen molar-refractivity contribution in [2.24, 2.45) is 0 Å². The molecule has 3 heteroatoms. The van der Waals surface area contributed by atoms with Crippen LogP contribution >= 0.6 is 0 Å². The van der Waals surface area contributed by atoms with Gasteiger partial charge >= 0.3 is 0 Å². The molecule has 0 amide bonds. The smallest absolute Gasteiger partial charge is 0.201 e. The van der Waals surface area contributed by atoms with Crippen molar-refractivity contribution in [1.29, 1.82) is 0 Å². The van der Waals surface area contributed by atoms with Gasteiger partial charge in [-0.3, -0.25) is 4.79 Å². The van der Waals surface area contributed by atoms with Crippen LogP contribution in [0, 0.1) is 0 Å². The van der Waals surface area contributed by atoms with Crippen LogP contribution in [0.25, 0.3) is 0 Å². The first-order valence-corrected chi connectivity index (χ1v) is 9.68. The van der Waals surface area contributed by atoms with E-state index in [1.54, 1.807) is 0 Å². The van der Waals surface area contributed by atoms with Crippen molar-refractivity contribution in [3.63, 3.8) is 0 Å². The van der Waals surface area contributed by atoms with Crippen molar-refractivity contribution in [3.8, 4) is 0 Å². The lowest BCUT2D eigenvalue weighted by Gasteiger charge is -2.41. The third-order valence-electron chi connectivity index (χ3n) is 4.26. The molecule has 0 atom stereocenters. The summed E-state index contributed by atoms with van der Waals surface area (Å²) in [6.07, 6.45) is 0. The molecule has 0 aromatic heterocycles. The monoisotopic (exact) mass is 292 g/mol. The van der Waals surface area contributed by atoms with Crippen molar-refractivity contribution >= 4 is 14.1 Å². The molecular formula is C17H28O2Si. The first-order valence-electron chi connectivity index (χ1n) is 7.54. The molecule has 0 spiro atoms. The fraction of sp³-hybridized carbons (Fsp3) is 0.588. The fourth-order valence-corrected chi connectivity index (χ4v) is 8.78. The van der Waals surface area contributed by atoms with E-state index in [1.807, 2.05) is 30.3 Å². The zero-order chi connectivity index (χ0) is 15.3. The zero-order valence-electron chi connectivity index (χ0n) is 13.6. The van der Waals surface area contributed by atoms with E-state index in [9.17, 15) is 4.79 Å². The Morgan fingerprint density at radius 3 is 1.80 bits per heavy atom. The fourth-order valence-electron chi connectivity index (χ4n) is 3.40. The Morgan fingerprint density at radius 1 is 0.950 bits per heavy atom. The molecule has 1 aromatic rings. The van der Waals surface area contributed by atoms with E-state index in [2.05, 4.69) is 41.5 Å². The lowest BCUT2D eigenvalue weighted by molar-refractivity contribution is 0.0907. The maximum absolute atomic E-state index is 12.3. The Morgan fingerprint density at radius 2 is 1.40 bits per heavy atom. The molecule has 0 unspecified atom stereocenters. The molecule has 0 heterocycles. The number of rotatable bonds is 7. The van der Waals surface area contributed by atoms with Crippen molar-refractivity contribution in [3.05, 3.63) is 35.9 Å². The minimum absolute atomic E-state index is 0.0874. The van der Waals surface area contributed by atoms with Crippen molar-refractivity contribution < 1.29 is 9.22 Å². The van der Waals surface area contributed by atoms with Gasteiger partial charge in [0, 0.05) is 5.56 Å². The van der Waals surface area contributed by atoms with Crippen LogP contribution in [0.1, 0.15) is 51.9 Å². The van der Waals surface area contributed by atoms with Gasteiger partial charge in [0.2, 0.25) is 8.32 Å². The predicted octanol–water partition coefficient (Wildman–Crippen LogP) is 5.06. The van der Waals surface area contributed by atoms with E-state index in [4.69, 9.17) is 4.43 Å². The minimum Gasteiger partial charge on any atom is -0.408 e. The maximum Gasteiger partial charge on any atom is 0.201 e. The van der Waals surface area contributed by atoms with Gasteiger partial charge in [0.25, 0.3) is 0 Å². The summed E-state index contributed by atoms with van der Waals surface area (Å²) in [6.45, 7) is 13.6. The average Bonchev–Trinajstić information content (AvgIpc) is 2.38. The lowest BCUT2D eigenvalue weighted by atomic mass is 10.1. The van der Waals surface area contributed by atoms with Gasteiger partial charge in [-0.2, -0.15) is 0 Å². The second kappa shape index (κ2) is 7.18. The standard InChI is InChI=1S/C17H28O2Si/c1-13(2)20(14(3)4,15(5)6)19-12-17(18)16-10-8-7-9-11-16/h7-11,13-15H,12H2,1-6H3. The molecule has 0 aliphatic rings. The summed E-state index contributed by atoms with van der Waals surface area (Å²) in [4.78, 5) is 12.3. The van der Waals surface area contributed by atoms with Crippen molar-refractivity contribution in [2.45, 2.75) is 58.2 Å². The molecule has 112 valence electrons. The highest BCUT2D eigenvalue weighted by Crippen LogP contribution is 2.42. The molecule has 0 saturated carbocycles. The predicted molar refractivity (Wildman–Crippen MR) is 87.8 cm³/mol. The van der Waals surface area contributed by atoms with Crippen LogP contribution in [0.4, 0.5) is 0 Å². The first kappa shape index (κ1) is 17.1. The molecule has 0 aliphatic heterocycles. The van der Waals surface area contributed by atoms with Gasteiger partial charge in [-0.15, -0.1) is 0 Å². The summed E-state index contributed by atoms with van der Waals surface area (Å²) in [5.74, 6) is 0.0874. The molecule has 0 bridgehead atoms. The van der Waals surface area contributed by atoms with Gasteiger partial charge < -0.3 is 4.43 Å². The molecule has 20 heavy (non-hydrogen) atoms. The molecule has 0 fully saturated rings. The highest BCUT2D eigenvalue weighted by molar-refractivity contribution is 6.77. The Hall–Kier alpha value is -0.933. The van der Waals surface area contributed by atoms with Gasteiger partial charge in [-0.1, -0.05) is 71.9 Å². The summed E-state index contributed by atoms with van der Waals surface area (Å²) in [7, 11) is -1.94. The second-order valence-corrected chi connectivity index (χ2v) is 11.9. The largest absolute Gasteiger partial charge is 0.408 e. The van der Waals surface area contributed by atoms with Gasteiger partial charge in [-0.05, 0) is 16.6 Å². The third kappa shape index (κ3) is 3.58. The average molecular weight is 292 g/mol. The molecule has 0 saturated heterocycles. The van der Waals surface area contributed by atoms with E-state index in [0.29, 0.717) is 16.6 Å². The molecule has 0 N–H and O–H groups in total. The molecule has 0 radical (unpaired) electrons. The van der Waals surface area contributed by atoms with E-state index < -0.39 is 8.32 Å². The number of benzene rings is 1. The molecular weight excluding hydrogens is 264 g/mol. The van der Waals surface area contributed by atoms with Crippen molar-refractivity contribution in [2.75, 3.05) is 6.61 Å². The summed E-state index contributed by atoms with van der Waals surface area (Å²) in [6, 6.07) is 9.42. The van der Waals surface area contributed by atoms with Gasteiger partial charge in [0.1, 0.15) is 0 Å². The number of carbonyl (C=O) groups excluding carboxylic acids is 1. The van der Waals surface area contributed by atoms with Gasteiger partial charge in [-0.25, -0.2) is 0 Å². The highest BCUT2D eigenvalue weighted by atomic mass is 28.4. The SMILES string of the molecule is CC(C)[Si](OCC(=O)c1ccccc1)(C(C)C)C(C)C. The number of hydrogen-bond donors (Lipinski definition) is 0. The van der Waals surface area contributed by atoms with E-state index in [-0.39, 0.29) is 12.4 Å². The van der Waals surface area contributed by atoms with Gasteiger partial charge in [0.15, 0.2) is 5.78 Å². The van der Waals surface area contributed by atoms with Crippen LogP contribution in [0.3, 0.4) is 0 Å². The molecule has 1 aromatic carbocycles. The topological polar surface area (TPSA) is 26.3 Å². The summed E-state index contributed by atoms with van der Waals surface area (Å²) in [5.41, 5.74) is 2.26.